The Morgan fingerprint density at radius 2 is 1.81 bits per heavy atom. The van der Waals surface area contributed by atoms with Gasteiger partial charge in [-0.05, 0) is 49.5 Å². The van der Waals surface area contributed by atoms with Gasteiger partial charge >= 0.3 is 0 Å². The van der Waals surface area contributed by atoms with Gasteiger partial charge in [0.2, 0.25) is 0 Å². The van der Waals surface area contributed by atoms with Crippen molar-refractivity contribution >= 4 is 23.0 Å². The number of halogens is 1. The number of nitrogens with zero attached hydrogens (tertiary/aromatic N) is 2. The molecule has 138 valence electrons. The van der Waals surface area contributed by atoms with Crippen LogP contribution in [0.3, 0.4) is 0 Å². The monoisotopic (exact) mass is 373 g/mol. The first-order valence-electron chi connectivity index (χ1n) is 8.72. The molecule has 1 aliphatic rings. The number of ether oxygens (including phenoxy) is 1. The minimum Gasteiger partial charge on any atom is -0.496 e. The number of piperazine rings is 1. The molecule has 0 bridgehead atoms. The number of benzene rings is 2. The average Bonchev–Trinajstić information content (AvgIpc) is 2.64. The highest BCUT2D eigenvalue weighted by atomic mass is 32.1. The predicted octanol–water partition coefficient (Wildman–Crippen LogP) is 3.66. The van der Waals surface area contributed by atoms with Crippen molar-refractivity contribution in [2.24, 2.45) is 0 Å². The van der Waals surface area contributed by atoms with Gasteiger partial charge in [-0.3, -0.25) is 4.90 Å². The fourth-order valence-corrected chi connectivity index (χ4v) is 3.36. The van der Waals surface area contributed by atoms with Crippen LogP contribution in [0, 0.1) is 12.7 Å². The minimum absolute atomic E-state index is 0.233. The molecule has 1 heterocycles. The average molecular weight is 373 g/mol. The van der Waals surface area contributed by atoms with Gasteiger partial charge in [0.1, 0.15) is 11.6 Å². The first-order valence-corrected chi connectivity index (χ1v) is 9.13. The van der Waals surface area contributed by atoms with E-state index in [4.69, 9.17) is 17.0 Å². The maximum Gasteiger partial charge on any atom is 0.173 e. The third-order valence-electron chi connectivity index (χ3n) is 4.60. The van der Waals surface area contributed by atoms with Crippen LogP contribution in [0.2, 0.25) is 0 Å². The third kappa shape index (κ3) is 4.71. The Morgan fingerprint density at radius 1 is 1.12 bits per heavy atom. The van der Waals surface area contributed by atoms with Crippen LogP contribution >= 0.6 is 12.2 Å². The van der Waals surface area contributed by atoms with E-state index in [0.717, 1.165) is 48.3 Å². The molecule has 1 fully saturated rings. The molecule has 1 saturated heterocycles. The highest BCUT2D eigenvalue weighted by molar-refractivity contribution is 7.80. The molecule has 0 spiro atoms. The predicted molar refractivity (Wildman–Crippen MR) is 107 cm³/mol. The Bertz CT molecular complexity index is 758. The van der Waals surface area contributed by atoms with E-state index in [1.807, 2.05) is 12.1 Å². The number of hydrogen-bond acceptors (Lipinski definition) is 3. The normalized spacial score (nSPS) is 15.0. The second-order valence-electron chi connectivity index (χ2n) is 6.52. The third-order valence-corrected chi connectivity index (χ3v) is 4.96. The molecule has 0 aliphatic carbocycles. The van der Waals surface area contributed by atoms with Crippen LogP contribution in [-0.4, -0.2) is 48.2 Å². The number of rotatable bonds is 4. The minimum atomic E-state index is -0.233. The number of thiocarbonyl (C=S) groups is 1. The fourth-order valence-electron chi connectivity index (χ4n) is 3.06. The zero-order valence-electron chi connectivity index (χ0n) is 15.2. The van der Waals surface area contributed by atoms with Crippen molar-refractivity contribution in [1.29, 1.82) is 0 Å². The molecule has 4 nitrogen and oxygen atoms in total. The molecular formula is C20H24FN3OS. The summed E-state index contributed by atoms with van der Waals surface area (Å²) in [5.74, 6) is 0.494. The second kappa shape index (κ2) is 8.47. The van der Waals surface area contributed by atoms with Crippen LogP contribution in [0.25, 0.3) is 0 Å². The number of hydrogen-bond donors (Lipinski definition) is 1. The van der Waals surface area contributed by atoms with Crippen molar-refractivity contribution in [3.63, 3.8) is 0 Å². The van der Waals surface area contributed by atoms with Gasteiger partial charge in [-0.1, -0.05) is 17.7 Å². The summed E-state index contributed by atoms with van der Waals surface area (Å²) in [5.41, 5.74) is 3.11. The van der Waals surface area contributed by atoms with Crippen molar-refractivity contribution in [3.8, 4) is 5.75 Å². The largest absolute Gasteiger partial charge is 0.496 e. The zero-order chi connectivity index (χ0) is 18.5. The molecule has 0 aromatic heterocycles. The molecule has 0 radical (unpaired) electrons. The Kier molecular flexibility index (Phi) is 6.06. The zero-order valence-corrected chi connectivity index (χ0v) is 16.0. The Balaban J connectivity index is 1.53. The molecule has 0 atom stereocenters. The number of anilines is 1. The first-order chi connectivity index (χ1) is 12.5. The highest BCUT2D eigenvalue weighted by Crippen LogP contribution is 2.22. The van der Waals surface area contributed by atoms with Crippen LogP contribution in [0.15, 0.2) is 42.5 Å². The lowest BCUT2D eigenvalue weighted by Crippen LogP contribution is -2.49. The molecule has 1 aliphatic heterocycles. The summed E-state index contributed by atoms with van der Waals surface area (Å²) < 4.78 is 18.9. The summed E-state index contributed by atoms with van der Waals surface area (Å²) in [7, 11) is 1.61. The SMILES string of the molecule is COc1ccc(F)cc1CN1CCN(C(=S)Nc2ccc(C)cc2)CC1. The molecule has 2 aromatic rings. The summed E-state index contributed by atoms with van der Waals surface area (Å²) in [6.45, 7) is 6.16. The molecule has 3 rings (SSSR count). The Hall–Kier alpha value is -2.18. The van der Waals surface area contributed by atoms with E-state index in [1.165, 1.54) is 11.6 Å². The number of aryl methyl sites for hydroxylation is 1. The van der Waals surface area contributed by atoms with E-state index in [9.17, 15) is 4.39 Å². The standard InChI is InChI=1S/C20H24FN3OS/c1-15-3-6-18(7-4-15)22-20(26)24-11-9-23(10-12-24)14-16-13-17(21)5-8-19(16)25-2/h3-8,13H,9-12,14H2,1-2H3,(H,22,26). The van der Waals surface area contributed by atoms with E-state index >= 15 is 0 Å². The molecule has 0 saturated carbocycles. The number of nitrogens with one attached hydrogen (secondary N) is 1. The van der Waals surface area contributed by atoms with Gasteiger partial charge in [0.15, 0.2) is 5.11 Å². The van der Waals surface area contributed by atoms with Gasteiger partial charge in [0.05, 0.1) is 7.11 Å². The fraction of sp³-hybridized carbons (Fsp3) is 0.350. The Morgan fingerprint density at radius 3 is 2.46 bits per heavy atom. The van der Waals surface area contributed by atoms with E-state index in [0.29, 0.717) is 6.54 Å². The van der Waals surface area contributed by atoms with Gasteiger partial charge < -0.3 is 15.0 Å². The quantitative estimate of drug-likeness (QED) is 0.826. The van der Waals surface area contributed by atoms with Crippen LogP contribution < -0.4 is 10.1 Å². The van der Waals surface area contributed by atoms with Gasteiger partial charge in [0.25, 0.3) is 0 Å². The molecule has 0 amide bonds. The van der Waals surface area contributed by atoms with Crippen molar-refractivity contribution in [2.45, 2.75) is 13.5 Å². The van der Waals surface area contributed by atoms with Gasteiger partial charge in [-0.15, -0.1) is 0 Å². The van der Waals surface area contributed by atoms with Crippen LogP contribution in [0.5, 0.6) is 5.75 Å². The summed E-state index contributed by atoms with van der Waals surface area (Å²) >= 11 is 5.54. The van der Waals surface area contributed by atoms with E-state index in [2.05, 4.69) is 34.2 Å². The van der Waals surface area contributed by atoms with Gasteiger partial charge in [0, 0.05) is 44.0 Å². The molecule has 1 N–H and O–H groups in total. The molecule has 26 heavy (non-hydrogen) atoms. The molecule has 0 unspecified atom stereocenters. The van der Waals surface area contributed by atoms with E-state index in [-0.39, 0.29) is 5.82 Å². The van der Waals surface area contributed by atoms with Gasteiger partial charge in [-0.25, -0.2) is 4.39 Å². The summed E-state index contributed by atoms with van der Waals surface area (Å²) in [5, 5.41) is 4.05. The maximum absolute atomic E-state index is 13.5. The van der Waals surface area contributed by atoms with Crippen molar-refractivity contribution < 1.29 is 9.13 Å². The Labute approximate surface area is 159 Å². The lowest BCUT2D eigenvalue weighted by atomic mass is 10.1. The van der Waals surface area contributed by atoms with E-state index < -0.39 is 0 Å². The number of methoxy groups -OCH3 is 1. The van der Waals surface area contributed by atoms with Gasteiger partial charge in [-0.2, -0.15) is 0 Å². The smallest absolute Gasteiger partial charge is 0.173 e. The van der Waals surface area contributed by atoms with Crippen molar-refractivity contribution in [1.82, 2.24) is 9.80 Å². The molecule has 6 heteroatoms. The van der Waals surface area contributed by atoms with Crippen molar-refractivity contribution in [2.75, 3.05) is 38.6 Å². The molecule has 2 aromatic carbocycles. The lowest BCUT2D eigenvalue weighted by molar-refractivity contribution is 0.175. The highest BCUT2D eigenvalue weighted by Gasteiger charge is 2.20. The van der Waals surface area contributed by atoms with Crippen LogP contribution in [0.4, 0.5) is 10.1 Å². The topological polar surface area (TPSA) is 27.7 Å². The van der Waals surface area contributed by atoms with E-state index in [1.54, 1.807) is 19.2 Å². The summed E-state index contributed by atoms with van der Waals surface area (Å²) in [4.78, 5) is 4.47. The molecular weight excluding hydrogens is 349 g/mol. The van der Waals surface area contributed by atoms with Crippen LogP contribution in [-0.2, 0) is 6.54 Å². The maximum atomic E-state index is 13.5. The first kappa shape index (κ1) is 18.6. The van der Waals surface area contributed by atoms with Crippen molar-refractivity contribution in [3.05, 3.63) is 59.4 Å². The summed E-state index contributed by atoms with van der Waals surface area (Å²) in [6.07, 6.45) is 0. The van der Waals surface area contributed by atoms with Crippen LogP contribution in [0.1, 0.15) is 11.1 Å². The lowest BCUT2D eigenvalue weighted by Gasteiger charge is -2.36. The summed E-state index contributed by atoms with van der Waals surface area (Å²) in [6, 6.07) is 12.9. The second-order valence-corrected chi connectivity index (χ2v) is 6.90.